The van der Waals surface area contributed by atoms with Crippen LogP contribution in [0.4, 0.5) is 4.39 Å². The molecule has 5 heteroatoms. The van der Waals surface area contributed by atoms with E-state index in [1.807, 2.05) is 17.0 Å². The molecule has 4 nitrogen and oxygen atoms in total. The number of aryl methyl sites for hydroxylation is 1. The largest absolute Gasteiger partial charge is 0.465 e. The lowest BCUT2D eigenvalue weighted by atomic mass is 9.78. The molecule has 0 radical (unpaired) electrons. The lowest BCUT2D eigenvalue weighted by Crippen LogP contribution is -2.49. The van der Waals surface area contributed by atoms with Crippen molar-refractivity contribution in [3.63, 3.8) is 0 Å². The Morgan fingerprint density at radius 2 is 1.81 bits per heavy atom. The van der Waals surface area contributed by atoms with Crippen LogP contribution in [0.25, 0.3) is 0 Å². The molecule has 1 atom stereocenters. The van der Waals surface area contributed by atoms with E-state index in [1.54, 1.807) is 12.1 Å². The van der Waals surface area contributed by atoms with Gasteiger partial charge in [-0.1, -0.05) is 19.1 Å². The van der Waals surface area contributed by atoms with Crippen molar-refractivity contribution in [2.24, 2.45) is 5.41 Å². The molecule has 2 aromatic rings. The van der Waals surface area contributed by atoms with E-state index in [0.717, 1.165) is 68.9 Å². The number of furan rings is 1. The lowest BCUT2D eigenvalue weighted by molar-refractivity contribution is -0.146. The lowest BCUT2D eigenvalue weighted by Gasteiger charge is -2.39. The zero-order chi connectivity index (χ0) is 18.9. The number of nitrogens with zero attached hydrogens (tertiary/aromatic N) is 2. The summed E-state index contributed by atoms with van der Waals surface area (Å²) in [6, 6.07) is 10.6. The normalized spacial score (nSPS) is 23.5. The number of hydrogen-bond donors (Lipinski definition) is 0. The molecule has 144 valence electrons. The SMILES string of the molecule is CCc1ccc(CN2CC[C@]3(CCCN(Cc4ccc(F)cc4)C3=O)C2)o1. The van der Waals surface area contributed by atoms with Gasteiger partial charge >= 0.3 is 0 Å². The van der Waals surface area contributed by atoms with Gasteiger partial charge < -0.3 is 9.32 Å². The zero-order valence-electron chi connectivity index (χ0n) is 15.9. The highest BCUT2D eigenvalue weighted by molar-refractivity contribution is 5.84. The third-order valence-electron chi connectivity index (χ3n) is 5.99. The summed E-state index contributed by atoms with van der Waals surface area (Å²) >= 11 is 0. The number of rotatable bonds is 5. The molecule has 2 fully saturated rings. The first-order chi connectivity index (χ1) is 13.1. The topological polar surface area (TPSA) is 36.7 Å². The summed E-state index contributed by atoms with van der Waals surface area (Å²) in [5.74, 6) is 2.01. The second kappa shape index (κ2) is 7.47. The molecule has 0 bridgehead atoms. The maximum Gasteiger partial charge on any atom is 0.230 e. The Morgan fingerprint density at radius 3 is 2.56 bits per heavy atom. The smallest absolute Gasteiger partial charge is 0.230 e. The van der Waals surface area contributed by atoms with Crippen molar-refractivity contribution < 1.29 is 13.6 Å². The minimum absolute atomic E-state index is 0.240. The van der Waals surface area contributed by atoms with Gasteiger partial charge in [-0.15, -0.1) is 0 Å². The van der Waals surface area contributed by atoms with Gasteiger partial charge in [0.1, 0.15) is 17.3 Å². The van der Waals surface area contributed by atoms with Crippen LogP contribution in [0.1, 0.15) is 43.3 Å². The summed E-state index contributed by atoms with van der Waals surface area (Å²) in [7, 11) is 0. The quantitative estimate of drug-likeness (QED) is 0.798. The van der Waals surface area contributed by atoms with Crippen LogP contribution in [0.2, 0.25) is 0 Å². The van der Waals surface area contributed by atoms with Gasteiger partial charge in [0.15, 0.2) is 0 Å². The molecular weight excluding hydrogens is 343 g/mol. The molecule has 0 aliphatic carbocycles. The molecule has 2 saturated heterocycles. The molecule has 1 aromatic heterocycles. The van der Waals surface area contributed by atoms with Gasteiger partial charge in [0.25, 0.3) is 0 Å². The second-order valence-corrected chi connectivity index (χ2v) is 7.92. The highest BCUT2D eigenvalue weighted by Gasteiger charge is 2.48. The maximum absolute atomic E-state index is 13.3. The summed E-state index contributed by atoms with van der Waals surface area (Å²) in [5.41, 5.74) is 0.720. The fourth-order valence-corrected chi connectivity index (χ4v) is 4.50. The molecule has 1 aromatic carbocycles. The van der Waals surface area contributed by atoms with E-state index in [2.05, 4.69) is 11.8 Å². The molecule has 2 aliphatic rings. The van der Waals surface area contributed by atoms with Crippen LogP contribution in [0.3, 0.4) is 0 Å². The minimum atomic E-state index is -0.265. The number of carbonyl (C=O) groups excluding carboxylic acids is 1. The number of carbonyl (C=O) groups is 1. The third kappa shape index (κ3) is 3.79. The van der Waals surface area contributed by atoms with Crippen molar-refractivity contribution in [3.8, 4) is 0 Å². The average molecular weight is 370 g/mol. The van der Waals surface area contributed by atoms with Gasteiger partial charge in [0.05, 0.1) is 12.0 Å². The third-order valence-corrected chi connectivity index (χ3v) is 5.99. The van der Waals surface area contributed by atoms with Crippen LogP contribution in [0, 0.1) is 11.2 Å². The molecule has 4 rings (SSSR count). The Balaban J connectivity index is 1.41. The van der Waals surface area contributed by atoms with Crippen LogP contribution in [-0.4, -0.2) is 35.3 Å². The molecule has 27 heavy (non-hydrogen) atoms. The van der Waals surface area contributed by atoms with Gasteiger partial charge in [-0.25, -0.2) is 4.39 Å². The number of benzene rings is 1. The fourth-order valence-electron chi connectivity index (χ4n) is 4.50. The van der Waals surface area contributed by atoms with E-state index in [-0.39, 0.29) is 17.1 Å². The van der Waals surface area contributed by atoms with Crippen molar-refractivity contribution in [3.05, 3.63) is 59.3 Å². The van der Waals surface area contributed by atoms with Crippen LogP contribution >= 0.6 is 0 Å². The first-order valence-corrected chi connectivity index (χ1v) is 9.92. The van der Waals surface area contributed by atoms with Crippen molar-refractivity contribution in [2.75, 3.05) is 19.6 Å². The van der Waals surface area contributed by atoms with Gasteiger partial charge in [0, 0.05) is 26.1 Å². The molecule has 1 spiro atoms. The maximum atomic E-state index is 13.3. The average Bonchev–Trinajstić information content (AvgIpc) is 3.29. The summed E-state index contributed by atoms with van der Waals surface area (Å²) in [6.07, 6.45) is 3.80. The Bertz CT molecular complexity index is 801. The van der Waals surface area contributed by atoms with Crippen LogP contribution < -0.4 is 0 Å². The van der Waals surface area contributed by atoms with Gasteiger partial charge in [-0.3, -0.25) is 9.69 Å². The Hall–Kier alpha value is -2.14. The number of hydrogen-bond acceptors (Lipinski definition) is 3. The molecule has 3 heterocycles. The van der Waals surface area contributed by atoms with Gasteiger partial charge in [0.2, 0.25) is 5.91 Å². The van der Waals surface area contributed by atoms with E-state index >= 15 is 0 Å². The zero-order valence-corrected chi connectivity index (χ0v) is 15.9. The fraction of sp³-hybridized carbons (Fsp3) is 0.500. The van der Waals surface area contributed by atoms with E-state index in [4.69, 9.17) is 4.42 Å². The number of likely N-dealkylation sites (tertiary alicyclic amines) is 2. The summed E-state index contributed by atoms with van der Waals surface area (Å²) in [6.45, 7) is 5.94. The number of piperidine rings is 1. The summed E-state index contributed by atoms with van der Waals surface area (Å²) in [4.78, 5) is 17.6. The predicted molar refractivity (Wildman–Crippen MR) is 101 cm³/mol. The summed E-state index contributed by atoms with van der Waals surface area (Å²) in [5, 5.41) is 0. The Morgan fingerprint density at radius 1 is 1.04 bits per heavy atom. The van der Waals surface area contributed by atoms with Gasteiger partial charge in [-0.05, 0) is 55.6 Å². The highest BCUT2D eigenvalue weighted by atomic mass is 19.1. The molecule has 0 unspecified atom stereocenters. The minimum Gasteiger partial charge on any atom is -0.465 e. The number of amides is 1. The summed E-state index contributed by atoms with van der Waals surface area (Å²) < 4.78 is 19.0. The Labute approximate surface area is 159 Å². The molecule has 1 amide bonds. The van der Waals surface area contributed by atoms with Crippen LogP contribution in [0.15, 0.2) is 40.8 Å². The first-order valence-electron chi connectivity index (χ1n) is 9.92. The molecule has 0 saturated carbocycles. The monoisotopic (exact) mass is 370 g/mol. The van der Waals surface area contributed by atoms with Crippen molar-refractivity contribution >= 4 is 5.91 Å². The molecule has 0 N–H and O–H groups in total. The van der Waals surface area contributed by atoms with Crippen LogP contribution in [0.5, 0.6) is 0 Å². The highest BCUT2D eigenvalue weighted by Crippen LogP contribution is 2.41. The van der Waals surface area contributed by atoms with Crippen molar-refractivity contribution in [2.45, 2.75) is 45.7 Å². The standard InChI is InChI=1S/C22H27FN2O2/c1-2-19-8-9-20(27-19)15-24-13-11-22(16-24)10-3-12-25(21(22)26)14-17-4-6-18(23)7-5-17/h4-9H,2-3,10-16H2,1H3/t22-/m1/s1. The van der Waals surface area contributed by atoms with E-state index in [1.165, 1.54) is 12.1 Å². The van der Waals surface area contributed by atoms with Crippen LogP contribution in [-0.2, 0) is 24.3 Å². The predicted octanol–water partition coefficient (Wildman–Crippen LogP) is 4.00. The number of halogens is 1. The van der Waals surface area contributed by atoms with E-state index in [9.17, 15) is 9.18 Å². The van der Waals surface area contributed by atoms with E-state index in [0.29, 0.717) is 6.54 Å². The first kappa shape index (κ1) is 18.2. The molecular formula is C22H27FN2O2. The Kier molecular flexibility index (Phi) is 5.04. The van der Waals surface area contributed by atoms with Gasteiger partial charge in [-0.2, -0.15) is 0 Å². The second-order valence-electron chi connectivity index (χ2n) is 7.92. The molecule has 2 aliphatic heterocycles. The van der Waals surface area contributed by atoms with Crippen molar-refractivity contribution in [1.82, 2.24) is 9.80 Å². The van der Waals surface area contributed by atoms with E-state index < -0.39 is 0 Å². The van der Waals surface area contributed by atoms with Crippen molar-refractivity contribution in [1.29, 1.82) is 0 Å².